The van der Waals surface area contributed by atoms with Crippen LogP contribution in [0.3, 0.4) is 0 Å². The molecular weight excluding hydrogens is 248 g/mol. The van der Waals surface area contributed by atoms with Crippen molar-refractivity contribution < 1.29 is 0 Å². The predicted octanol–water partition coefficient (Wildman–Crippen LogP) is 3.62. The van der Waals surface area contributed by atoms with Gasteiger partial charge in [0.05, 0.1) is 5.52 Å². The van der Waals surface area contributed by atoms with Crippen molar-refractivity contribution in [1.29, 1.82) is 0 Å². The molecule has 0 spiro atoms. The van der Waals surface area contributed by atoms with Crippen molar-refractivity contribution in [1.82, 2.24) is 9.97 Å². The molecule has 20 heavy (non-hydrogen) atoms. The minimum Gasteiger partial charge on any atom is -0.399 e. The van der Waals surface area contributed by atoms with Crippen molar-refractivity contribution in [2.75, 3.05) is 23.7 Å². The molecule has 2 N–H and O–H groups in total. The van der Waals surface area contributed by atoms with Crippen LogP contribution in [0, 0.1) is 0 Å². The zero-order valence-electron chi connectivity index (χ0n) is 12.5. The molecule has 0 radical (unpaired) electrons. The lowest BCUT2D eigenvalue weighted by Crippen LogP contribution is -2.26. The van der Waals surface area contributed by atoms with Crippen molar-refractivity contribution in [2.24, 2.45) is 0 Å². The Morgan fingerprint density at radius 3 is 2.40 bits per heavy atom. The first-order valence-corrected chi connectivity index (χ1v) is 7.51. The summed E-state index contributed by atoms with van der Waals surface area (Å²) in [6.45, 7) is 6.54. The molecule has 1 aromatic heterocycles. The molecule has 2 rings (SSSR count). The minimum atomic E-state index is 0.746. The van der Waals surface area contributed by atoms with E-state index in [1.165, 1.54) is 25.7 Å². The average Bonchev–Trinajstić information content (AvgIpc) is 2.47. The van der Waals surface area contributed by atoms with E-state index in [2.05, 4.69) is 28.7 Å². The zero-order valence-corrected chi connectivity index (χ0v) is 12.5. The lowest BCUT2D eigenvalue weighted by molar-refractivity contribution is 0.673. The summed E-state index contributed by atoms with van der Waals surface area (Å²) in [7, 11) is 0. The lowest BCUT2D eigenvalue weighted by atomic mass is 10.2. The van der Waals surface area contributed by atoms with Gasteiger partial charge >= 0.3 is 0 Å². The normalized spacial score (nSPS) is 10.9. The number of anilines is 2. The van der Waals surface area contributed by atoms with E-state index < -0.39 is 0 Å². The first-order valence-electron chi connectivity index (χ1n) is 7.51. The second-order valence-corrected chi connectivity index (χ2v) is 5.17. The highest BCUT2D eigenvalue weighted by Gasteiger charge is 2.11. The maximum Gasteiger partial charge on any atom is 0.139 e. The van der Waals surface area contributed by atoms with Crippen molar-refractivity contribution in [3.05, 3.63) is 24.5 Å². The quantitative estimate of drug-likeness (QED) is 0.782. The van der Waals surface area contributed by atoms with Gasteiger partial charge in [0.25, 0.3) is 0 Å². The third-order valence-electron chi connectivity index (χ3n) is 3.50. The number of nitrogen functional groups attached to an aromatic ring is 1. The maximum atomic E-state index is 5.84. The molecule has 108 valence electrons. The van der Waals surface area contributed by atoms with Gasteiger partial charge < -0.3 is 10.6 Å². The topological polar surface area (TPSA) is 55.0 Å². The summed E-state index contributed by atoms with van der Waals surface area (Å²) in [5.41, 5.74) is 7.51. The number of nitrogens with two attached hydrogens (primary N) is 1. The Balaban J connectivity index is 2.35. The van der Waals surface area contributed by atoms with E-state index in [9.17, 15) is 0 Å². The van der Waals surface area contributed by atoms with Crippen molar-refractivity contribution in [2.45, 2.75) is 39.5 Å². The molecule has 4 nitrogen and oxygen atoms in total. The number of hydrogen-bond acceptors (Lipinski definition) is 4. The first kappa shape index (κ1) is 14.6. The van der Waals surface area contributed by atoms with Gasteiger partial charge in [-0.15, -0.1) is 0 Å². The SMILES string of the molecule is CCCCN(CCCC)c1ncnc2cc(N)ccc12. The van der Waals surface area contributed by atoms with Gasteiger partial charge in [-0.25, -0.2) is 9.97 Å². The highest BCUT2D eigenvalue weighted by molar-refractivity contribution is 5.91. The summed E-state index contributed by atoms with van der Waals surface area (Å²) >= 11 is 0. The smallest absolute Gasteiger partial charge is 0.139 e. The molecular formula is C16H24N4. The third kappa shape index (κ3) is 3.38. The van der Waals surface area contributed by atoms with E-state index in [-0.39, 0.29) is 0 Å². The van der Waals surface area contributed by atoms with Crippen molar-refractivity contribution >= 4 is 22.4 Å². The Hall–Kier alpha value is -1.84. The molecule has 1 heterocycles. The molecule has 4 heteroatoms. The summed E-state index contributed by atoms with van der Waals surface area (Å²) in [4.78, 5) is 11.2. The van der Waals surface area contributed by atoms with E-state index >= 15 is 0 Å². The van der Waals surface area contributed by atoms with Crippen molar-refractivity contribution in [3.8, 4) is 0 Å². The summed E-state index contributed by atoms with van der Waals surface area (Å²) in [6, 6.07) is 5.87. The summed E-state index contributed by atoms with van der Waals surface area (Å²) < 4.78 is 0. The summed E-state index contributed by atoms with van der Waals surface area (Å²) in [5, 5.41) is 1.09. The second-order valence-electron chi connectivity index (χ2n) is 5.17. The first-order chi connectivity index (χ1) is 9.76. The fraction of sp³-hybridized carbons (Fsp3) is 0.500. The van der Waals surface area contributed by atoms with E-state index in [1.807, 2.05) is 18.2 Å². The fourth-order valence-corrected chi connectivity index (χ4v) is 2.33. The Kier molecular flexibility index (Phi) is 5.16. The second kappa shape index (κ2) is 7.08. The van der Waals surface area contributed by atoms with Crippen LogP contribution >= 0.6 is 0 Å². The molecule has 0 bridgehead atoms. The highest BCUT2D eigenvalue weighted by Crippen LogP contribution is 2.25. The predicted molar refractivity (Wildman–Crippen MR) is 86.0 cm³/mol. The zero-order chi connectivity index (χ0) is 14.4. The van der Waals surface area contributed by atoms with Crippen LogP contribution in [-0.2, 0) is 0 Å². The minimum absolute atomic E-state index is 0.746. The Labute approximate surface area is 121 Å². The molecule has 1 aromatic carbocycles. The van der Waals surface area contributed by atoms with Crippen LogP contribution in [0.25, 0.3) is 10.9 Å². The highest BCUT2D eigenvalue weighted by atomic mass is 15.2. The molecule has 0 amide bonds. The van der Waals surface area contributed by atoms with E-state index in [4.69, 9.17) is 5.73 Å². The maximum absolute atomic E-state index is 5.84. The van der Waals surface area contributed by atoms with E-state index in [0.717, 1.165) is 35.5 Å². The Morgan fingerprint density at radius 1 is 1.05 bits per heavy atom. The molecule has 0 fully saturated rings. The molecule has 0 unspecified atom stereocenters. The Bertz CT molecular complexity index is 545. The van der Waals surface area contributed by atoms with E-state index in [0.29, 0.717) is 0 Å². The fourth-order valence-electron chi connectivity index (χ4n) is 2.33. The van der Waals surface area contributed by atoms with Crippen LogP contribution in [-0.4, -0.2) is 23.1 Å². The van der Waals surface area contributed by atoms with Crippen LogP contribution in [0.4, 0.5) is 11.5 Å². The molecule has 0 aliphatic heterocycles. The average molecular weight is 272 g/mol. The van der Waals surface area contributed by atoms with Crippen LogP contribution in [0.5, 0.6) is 0 Å². The van der Waals surface area contributed by atoms with Crippen LogP contribution in [0.2, 0.25) is 0 Å². The largest absolute Gasteiger partial charge is 0.399 e. The number of fused-ring (bicyclic) bond motifs is 1. The number of hydrogen-bond donors (Lipinski definition) is 1. The number of aromatic nitrogens is 2. The molecule has 2 aromatic rings. The van der Waals surface area contributed by atoms with Crippen LogP contribution < -0.4 is 10.6 Å². The van der Waals surface area contributed by atoms with Gasteiger partial charge in [-0.2, -0.15) is 0 Å². The van der Waals surface area contributed by atoms with Gasteiger partial charge in [-0.1, -0.05) is 26.7 Å². The molecule has 0 aliphatic carbocycles. The lowest BCUT2D eigenvalue weighted by Gasteiger charge is -2.24. The monoisotopic (exact) mass is 272 g/mol. The number of unbranched alkanes of at least 4 members (excludes halogenated alkanes) is 2. The standard InChI is InChI=1S/C16H24N4/c1-3-5-9-20(10-6-4-2)16-14-8-7-13(17)11-15(14)18-12-19-16/h7-8,11-12H,3-6,9-10,17H2,1-2H3. The molecule has 0 saturated heterocycles. The third-order valence-corrected chi connectivity index (χ3v) is 3.50. The van der Waals surface area contributed by atoms with Gasteiger partial charge in [0.1, 0.15) is 12.1 Å². The van der Waals surface area contributed by atoms with Gasteiger partial charge in [0.2, 0.25) is 0 Å². The van der Waals surface area contributed by atoms with Crippen molar-refractivity contribution in [3.63, 3.8) is 0 Å². The van der Waals surface area contributed by atoms with Crippen LogP contribution in [0.15, 0.2) is 24.5 Å². The van der Waals surface area contributed by atoms with Gasteiger partial charge in [-0.05, 0) is 31.0 Å². The summed E-state index contributed by atoms with van der Waals surface area (Å²) in [6.07, 6.45) is 6.40. The number of nitrogens with zero attached hydrogens (tertiary/aromatic N) is 3. The van der Waals surface area contributed by atoms with Gasteiger partial charge in [0.15, 0.2) is 0 Å². The molecule has 0 saturated carbocycles. The van der Waals surface area contributed by atoms with Gasteiger partial charge in [-0.3, -0.25) is 0 Å². The molecule has 0 aliphatic rings. The number of benzene rings is 1. The summed E-state index contributed by atoms with van der Waals surface area (Å²) in [5.74, 6) is 1.04. The number of rotatable bonds is 7. The van der Waals surface area contributed by atoms with Gasteiger partial charge in [0, 0.05) is 24.2 Å². The molecule has 0 atom stereocenters. The van der Waals surface area contributed by atoms with E-state index in [1.54, 1.807) is 6.33 Å². The van der Waals surface area contributed by atoms with Crippen LogP contribution in [0.1, 0.15) is 39.5 Å². The Morgan fingerprint density at radius 2 is 1.75 bits per heavy atom.